The molecule has 0 saturated heterocycles. The lowest BCUT2D eigenvalue weighted by Crippen LogP contribution is -2.35. The van der Waals surface area contributed by atoms with Crippen LogP contribution in [0.15, 0.2) is 0 Å². The molecule has 2 rings (SSSR count). The van der Waals surface area contributed by atoms with Gasteiger partial charge in [-0.1, -0.05) is 20.3 Å². The molecule has 2 aliphatic carbocycles. The molecule has 0 radical (unpaired) electrons. The fraction of sp³-hybridized carbons (Fsp3) is 0.962. The summed E-state index contributed by atoms with van der Waals surface area (Å²) in [7, 11) is 0. The van der Waals surface area contributed by atoms with Crippen LogP contribution in [0.1, 0.15) is 111 Å². The zero-order valence-corrected chi connectivity index (χ0v) is 20.5. The minimum absolute atomic E-state index is 0.292. The van der Waals surface area contributed by atoms with Crippen LogP contribution >= 0.6 is 0 Å². The molecule has 0 aromatic heterocycles. The topological polar surface area (TPSA) is 76.0 Å². The van der Waals surface area contributed by atoms with Crippen molar-refractivity contribution in [3.63, 3.8) is 0 Å². The van der Waals surface area contributed by atoms with Crippen molar-refractivity contribution in [3.8, 4) is 0 Å². The Labute approximate surface area is 190 Å². The van der Waals surface area contributed by atoms with Gasteiger partial charge in [0.2, 0.25) is 0 Å². The average molecular weight is 441 g/mol. The predicted molar refractivity (Wildman–Crippen MR) is 124 cm³/mol. The van der Waals surface area contributed by atoms with Crippen LogP contribution in [0.25, 0.3) is 0 Å². The number of ether oxygens (including phenoxy) is 2. The van der Waals surface area contributed by atoms with Gasteiger partial charge in [-0.3, -0.25) is 0 Å². The Morgan fingerprint density at radius 1 is 0.871 bits per heavy atom. The number of hydrogen-bond acceptors (Lipinski definition) is 5. The molecule has 2 saturated carbocycles. The third-order valence-electron chi connectivity index (χ3n) is 7.94. The average Bonchev–Trinajstić information content (AvgIpc) is 2.73. The standard InChI is InChI=1S/C26H48O5/c1-5-15-25(3,29)16-20-9-13-23(14-10-20)19-30-24(28)31-26(4,6-2)17-21-7-11-22(18-27)12-8-21/h20-23,27,29H,5-19H2,1-4H3. The highest BCUT2D eigenvalue weighted by molar-refractivity contribution is 5.60. The Bertz CT molecular complexity index is 518. The van der Waals surface area contributed by atoms with Crippen LogP contribution in [0.4, 0.5) is 4.79 Å². The fourth-order valence-electron chi connectivity index (χ4n) is 5.77. The molecule has 5 heteroatoms. The first-order valence-electron chi connectivity index (χ1n) is 12.9. The highest BCUT2D eigenvalue weighted by atomic mass is 16.7. The minimum atomic E-state index is -0.547. The Morgan fingerprint density at radius 2 is 1.39 bits per heavy atom. The van der Waals surface area contributed by atoms with Crippen LogP contribution < -0.4 is 0 Å². The van der Waals surface area contributed by atoms with Crippen molar-refractivity contribution in [3.05, 3.63) is 0 Å². The van der Waals surface area contributed by atoms with Gasteiger partial charge in [-0.05, 0) is 115 Å². The summed E-state index contributed by atoms with van der Waals surface area (Å²) >= 11 is 0. The molecule has 0 bridgehead atoms. The van der Waals surface area contributed by atoms with Gasteiger partial charge in [0.1, 0.15) is 5.60 Å². The van der Waals surface area contributed by atoms with Crippen LogP contribution in [0.3, 0.4) is 0 Å². The van der Waals surface area contributed by atoms with Crippen LogP contribution in [-0.4, -0.2) is 40.8 Å². The summed E-state index contributed by atoms with van der Waals surface area (Å²) in [6, 6.07) is 0. The molecule has 0 amide bonds. The zero-order chi connectivity index (χ0) is 22.9. The van der Waals surface area contributed by atoms with Crippen molar-refractivity contribution in [2.75, 3.05) is 13.2 Å². The monoisotopic (exact) mass is 440 g/mol. The van der Waals surface area contributed by atoms with Crippen LogP contribution in [0.5, 0.6) is 0 Å². The van der Waals surface area contributed by atoms with E-state index in [0.717, 1.165) is 83.5 Å². The second-order valence-corrected chi connectivity index (χ2v) is 11.1. The number of rotatable bonds is 11. The van der Waals surface area contributed by atoms with E-state index in [1.54, 1.807) is 0 Å². The summed E-state index contributed by atoms with van der Waals surface area (Å²) in [6.45, 7) is 8.91. The molecular formula is C26H48O5. The van der Waals surface area contributed by atoms with Gasteiger partial charge in [-0.25, -0.2) is 4.79 Å². The smallest absolute Gasteiger partial charge is 0.434 e. The van der Waals surface area contributed by atoms with E-state index in [2.05, 4.69) is 13.8 Å². The summed E-state index contributed by atoms with van der Waals surface area (Å²) < 4.78 is 11.3. The van der Waals surface area contributed by atoms with Crippen molar-refractivity contribution in [2.24, 2.45) is 23.7 Å². The molecular weight excluding hydrogens is 392 g/mol. The number of carbonyl (C=O) groups excluding carboxylic acids is 1. The third-order valence-corrected chi connectivity index (χ3v) is 7.94. The van der Waals surface area contributed by atoms with E-state index in [1.807, 2.05) is 13.8 Å². The molecule has 0 aliphatic heterocycles. The van der Waals surface area contributed by atoms with Crippen LogP contribution in [-0.2, 0) is 9.47 Å². The Kier molecular flexibility index (Phi) is 10.6. The molecule has 2 fully saturated rings. The summed E-state index contributed by atoms with van der Waals surface area (Å²) in [5.41, 5.74) is -1.02. The van der Waals surface area contributed by atoms with Crippen LogP contribution in [0.2, 0.25) is 0 Å². The van der Waals surface area contributed by atoms with Gasteiger partial charge in [-0.15, -0.1) is 0 Å². The van der Waals surface area contributed by atoms with E-state index in [0.29, 0.717) is 36.9 Å². The predicted octanol–water partition coefficient (Wildman–Crippen LogP) is 6.24. The lowest BCUT2D eigenvalue weighted by molar-refractivity contribution is -0.0496. The van der Waals surface area contributed by atoms with Crippen molar-refractivity contribution in [2.45, 2.75) is 122 Å². The summed E-state index contributed by atoms with van der Waals surface area (Å²) in [5, 5.41) is 19.8. The normalized spacial score (nSPS) is 30.8. The quantitative estimate of drug-likeness (QED) is 0.372. The number of aliphatic hydroxyl groups is 2. The van der Waals surface area contributed by atoms with Gasteiger partial charge in [0.15, 0.2) is 0 Å². The van der Waals surface area contributed by atoms with E-state index < -0.39 is 17.4 Å². The maximum atomic E-state index is 12.4. The minimum Gasteiger partial charge on any atom is -0.434 e. The number of hydrogen-bond donors (Lipinski definition) is 2. The summed E-state index contributed by atoms with van der Waals surface area (Å²) in [6.07, 6.45) is 12.6. The van der Waals surface area contributed by atoms with Gasteiger partial charge in [0, 0.05) is 6.61 Å². The van der Waals surface area contributed by atoms with Gasteiger partial charge in [0.05, 0.1) is 12.2 Å². The van der Waals surface area contributed by atoms with E-state index >= 15 is 0 Å². The Morgan fingerprint density at radius 3 is 1.90 bits per heavy atom. The van der Waals surface area contributed by atoms with E-state index in [4.69, 9.17) is 9.47 Å². The van der Waals surface area contributed by atoms with Gasteiger partial charge < -0.3 is 19.7 Å². The van der Waals surface area contributed by atoms with Crippen molar-refractivity contribution >= 4 is 6.16 Å². The molecule has 182 valence electrons. The zero-order valence-electron chi connectivity index (χ0n) is 20.5. The lowest BCUT2D eigenvalue weighted by atomic mass is 9.76. The molecule has 0 aromatic rings. The van der Waals surface area contributed by atoms with Crippen LogP contribution in [0, 0.1) is 23.7 Å². The van der Waals surface area contributed by atoms with E-state index in [9.17, 15) is 15.0 Å². The first kappa shape index (κ1) is 26.4. The Balaban J connectivity index is 1.68. The second-order valence-electron chi connectivity index (χ2n) is 11.1. The molecule has 5 nitrogen and oxygen atoms in total. The second kappa shape index (κ2) is 12.4. The molecule has 2 atom stereocenters. The molecule has 0 heterocycles. The highest BCUT2D eigenvalue weighted by Crippen LogP contribution is 2.37. The SMILES string of the molecule is CCCC(C)(O)CC1CCC(COC(=O)OC(C)(CC)CC2CCC(CO)CC2)CC1. The third kappa shape index (κ3) is 9.29. The maximum Gasteiger partial charge on any atom is 0.508 e. The highest BCUT2D eigenvalue weighted by Gasteiger charge is 2.34. The molecule has 0 spiro atoms. The number of aliphatic hydroxyl groups excluding tert-OH is 1. The van der Waals surface area contributed by atoms with Gasteiger partial charge >= 0.3 is 6.16 Å². The van der Waals surface area contributed by atoms with Crippen molar-refractivity contribution in [1.82, 2.24) is 0 Å². The van der Waals surface area contributed by atoms with Gasteiger partial charge in [0.25, 0.3) is 0 Å². The molecule has 2 aliphatic rings. The van der Waals surface area contributed by atoms with Crippen molar-refractivity contribution in [1.29, 1.82) is 0 Å². The molecule has 31 heavy (non-hydrogen) atoms. The first-order valence-corrected chi connectivity index (χ1v) is 12.9. The first-order chi connectivity index (χ1) is 14.7. The fourth-order valence-corrected chi connectivity index (χ4v) is 5.77. The van der Waals surface area contributed by atoms with Crippen molar-refractivity contribution < 1.29 is 24.5 Å². The van der Waals surface area contributed by atoms with E-state index in [1.165, 1.54) is 0 Å². The number of carbonyl (C=O) groups is 1. The summed E-state index contributed by atoms with van der Waals surface area (Å²) in [5.74, 6) is 1.99. The van der Waals surface area contributed by atoms with E-state index in [-0.39, 0.29) is 0 Å². The molecule has 2 N–H and O–H groups in total. The lowest BCUT2D eigenvalue weighted by Gasteiger charge is -2.35. The summed E-state index contributed by atoms with van der Waals surface area (Å²) in [4.78, 5) is 12.4. The van der Waals surface area contributed by atoms with Gasteiger partial charge in [-0.2, -0.15) is 0 Å². The maximum absolute atomic E-state index is 12.4. The molecule has 2 unspecified atom stereocenters. The Hall–Kier alpha value is -0.810. The largest absolute Gasteiger partial charge is 0.508 e. The molecule has 0 aromatic carbocycles.